The van der Waals surface area contributed by atoms with Crippen LogP contribution in [-0.2, 0) is 11.2 Å². The summed E-state index contributed by atoms with van der Waals surface area (Å²) in [5.41, 5.74) is 4.30. The Labute approximate surface area is 164 Å². The predicted octanol–water partition coefficient (Wildman–Crippen LogP) is 3.05. The highest BCUT2D eigenvalue weighted by molar-refractivity contribution is 5.97. The van der Waals surface area contributed by atoms with Crippen LogP contribution >= 0.6 is 0 Å². The van der Waals surface area contributed by atoms with Gasteiger partial charge < -0.3 is 15.1 Å². The second kappa shape index (κ2) is 8.99. The van der Waals surface area contributed by atoms with E-state index in [9.17, 15) is 9.59 Å². The van der Waals surface area contributed by atoms with Crippen LogP contribution in [-0.4, -0.2) is 29.9 Å². The average Bonchev–Trinajstić information content (AvgIpc) is 3.16. The molecule has 6 heteroatoms. The molecule has 6 nitrogen and oxygen atoms in total. The van der Waals surface area contributed by atoms with Gasteiger partial charge in [0.25, 0.3) is 5.91 Å². The van der Waals surface area contributed by atoms with Gasteiger partial charge in [-0.05, 0) is 37.6 Å². The maximum Gasteiger partial charge on any atom is 0.251 e. The molecule has 0 aliphatic carbocycles. The predicted molar refractivity (Wildman–Crippen MR) is 107 cm³/mol. The molecule has 0 radical (unpaired) electrons. The van der Waals surface area contributed by atoms with Crippen molar-refractivity contribution in [2.75, 3.05) is 13.1 Å². The number of nitrogens with zero attached hydrogens (tertiary/aromatic N) is 1. The van der Waals surface area contributed by atoms with Crippen LogP contribution in [0.4, 0.5) is 0 Å². The van der Waals surface area contributed by atoms with E-state index in [1.165, 1.54) is 5.56 Å². The van der Waals surface area contributed by atoms with E-state index < -0.39 is 0 Å². The first-order valence-corrected chi connectivity index (χ1v) is 9.15. The fraction of sp³-hybridized carbons (Fsp3) is 0.227. The molecule has 144 valence electrons. The molecule has 1 heterocycles. The normalized spacial score (nSPS) is 10.5. The van der Waals surface area contributed by atoms with Gasteiger partial charge in [0.05, 0.1) is 12.2 Å². The minimum absolute atomic E-state index is 0.0688. The Morgan fingerprint density at radius 1 is 1.00 bits per heavy atom. The van der Waals surface area contributed by atoms with E-state index in [4.69, 9.17) is 4.42 Å². The van der Waals surface area contributed by atoms with Crippen LogP contribution in [0, 0.1) is 13.8 Å². The summed E-state index contributed by atoms with van der Waals surface area (Å²) in [6, 6.07) is 15.2. The van der Waals surface area contributed by atoms with E-state index in [1.54, 1.807) is 18.4 Å². The number of benzene rings is 2. The Morgan fingerprint density at radius 2 is 1.75 bits per heavy atom. The van der Waals surface area contributed by atoms with Crippen molar-refractivity contribution in [1.82, 2.24) is 15.6 Å². The zero-order valence-electron chi connectivity index (χ0n) is 16.0. The van der Waals surface area contributed by atoms with Gasteiger partial charge in [0.2, 0.25) is 11.8 Å². The summed E-state index contributed by atoms with van der Waals surface area (Å²) in [6.07, 6.45) is 2.15. The molecule has 2 aromatic carbocycles. The number of carbonyl (C=O) groups is 2. The Hall–Kier alpha value is -3.41. The van der Waals surface area contributed by atoms with Crippen LogP contribution in [0.25, 0.3) is 11.5 Å². The molecule has 2 amide bonds. The van der Waals surface area contributed by atoms with Gasteiger partial charge in [0.15, 0.2) is 0 Å². The number of aryl methyl sites for hydroxylation is 2. The van der Waals surface area contributed by atoms with Crippen LogP contribution in [0.3, 0.4) is 0 Å². The lowest BCUT2D eigenvalue weighted by atomic mass is 10.1. The summed E-state index contributed by atoms with van der Waals surface area (Å²) in [6.45, 7) is 4.23. The molecule has 0 aliphatic heterocycles. The summed E-state index contributed by atoms with van der Waals surface area (Å²) in [5, 5.41) is 5.41. The summed E-state index contributed by atoms with van der Waals surface area (Å²) in [7, 11) is 0. The van der Waals surface area contributed by atoms with Gasteiger partial charge in [-0.15, -0.1) is 0 Å². The minimum Gasteiger partial charge on any atom is -0.444 e. The maximum atomic E-state index is 12.1. The third kappa shape index (κ3) is 5.07. The van der Waals surface area contributed by atoms with Gasteiger partial charge in [0, 0.05) is 24.1 Å². The van der Waals surface area contributed by atoms with Gasteiger partial charge >= 0.3 is 0 Å². The van der Waals surface area contributed by atoms with Gasteiger partial charge in [-0.1, -0.05) is 35.9 Å². The highest BCUT2D eigenvalue weighted by Gasteiger charge is 2.10. The van der Waals surface area contributed by atoms with Gasteiger partial charge in [-0.2, -0.15) is 0 Å². The smallest absolute Gasteiger partial charge is 0.251 e. The van der Waals surface area contributed by atoms with E-state index in [-0.39, 0.29) is 18.4 Å². The van der Waals surface area contributed by atoms with Crippen LogP contribution in [0.15, 0.2) is 59.2 Å². The highest BCUT2D eigenvalue weighted by atomic mass is 16.3. The Kier molecular flexibility index (Phi) is 6.22. The van der Waals surface area contributed by atoms with Crippen molar-refractivity contribution in [1.29, 1.82) is 0 Å². The lowest BCUT2D eigenvalue weighted by Gasteiger charge is -2.08. The number of rotatable bonds is 7. The number of hydrogen-bond donors (Lipinski definition) is 2. The first-order valence-electron chi connectivity index (χ1n) is 9.15. The van der Waals surface area contributed by atoms with Gasteiger partial charge in [-0.3, -0.25) is 9.59 Å². The molecule has 0 aliphatic rings. The van der Waals surface area contributed by atoms with Crippen molar-refractivity contribution < 1.29 is 14.0 Å². The Balaban J connectivity index is 1.42. The third-order valence-corrected chi connectivity index (χ3v) is 4.35. The summed E-state index contributed by atoms with van der Waals surface area (Å²) in [5.74, 6) is 0.0588. The van der Waals surface area contributed by atoms with Crippen LogP contribution in [0.2, 0.25) is 0 Å². The molecule has 0 bridgehead atoms. The number of amides is 2. The van der Waals surface area contributed by atoms with E-state index in [2.05, 4.69) is 15.6 Å². The quantitative estimate of drug-likeness (QED) is 0.663. The molecule has 0 fully saturated rings. The lowest BCUT2D eigenvalue weighted by Crippen LogP contribution is -2.37. The molecule has 3 rings (SSSR count). The largest absolute Gasteiger partial charge is 0.444 e. The zero-order chi connectivity index (χ0) is 19.9. The van der Waals surface area contributed by atoms with Crippen molar-refractivity contribution in [3.05, 3.63) is 77.2 Å². The second-order valence-electron chi connectivity index (χ2n) is 6.61. The van der Waals surface area contributed by atoms with Crippen molar-refractivity contribution in [3.63, 3.8) is 0 Å². The van der Waals surface area contributed by atoms with E-state index >= 15 is 0 Å². The topological polar surface area (TPSA) is 84.2 Å². The van der Waals surface area contributed by atoms with Crippen molar-refractivity contribution >= 4 is 11.8 Å². The molecular weight excluding hydrogens is 354 g/mol. The van der Waals surface area contributed by atoms with Gasteiger partial charge in [0.1, 0.15) is 6.26 Å². The Bertz CT molecular complexity index is 961. The molecule has 0 unspecified atom stereocenters. The highest BCUT2D eigenvalue weighted by Crippen LogP contribution is 2.19. The molecule has 1 aromatic heterocycles. The summed E-state index contributed by atoms with van der Waals surface area (Å²) in [4.78, 5) is 28.5. The van der Waals surface area contributed by atoms with Crippen LogP contribution in [0.1, 0.15) is 27.2 Å². The monoisotopic (exact) mass is 377 g/mol. The Morgan fingerprint density at radius 3 is 2.50 bits per heavy atom. The number of oxazole rings is 1. The minimum atomic E-state index is -0.257. The fourth-order valence-electron chi connectivity index (χ4n) is 2.73. The number of hydrogen-bond acceptors (Lipinski definition) is 4. The van der Waals surface area contributed by atoms with Crippen molar-refractivity contribution in [2.45, 2.75) is 20.3 Å². The maximum absolute atomic E-state index is 12.1. The molecule has 0 spiro atoms. The number of carbonyl (C=O) groups excluding carboxylic acids is 2. The first kappa shape index (κ1) is 19.4. The van der Waals surface area contributed by atoms with E-state index in [1.807, 2.05) is 50.2 Å². The standard InChI is InChI=1S/C22H23N3O3/c1-15-7-9-17(10-8-15)22-25-18(14-28-22)11-12-23-20(26)13-24-21(27)19-6-4-3-5-16(19)2/h3-10,14H,11-13H2,1-2H3,(H,23,26)(H,24,27). The fourth-order valence-corrected chi connectivity index (χ4v) is 2.73. The molecular formula is C22H23N3O3. The van der Waals surface area contributed by atoms with E-state index in [0.29, 0.717) is 24.4 Å². The average molecular weight is 377 g/mol. The first-order chi connectivity index (χ1) is 13.5. The molecule has 0 saturated carbocycles. The van der Waals surface area contributed by atoms with Crippen LogP contribution < -0.4 is 10.6 Å². The SMILES string of the molecule is Cc1ccc(-c2nc(CCNC(=O)CNC(=O)c3ccccc3C)co2)cc1. The van der Waals surface area contributed by atoms with Crippen molar-refractivity contribution in [2.24, 2.45) is 0 Å². The zero-order valence-corrected chi connectivity index (χ0v) is 16.0. The third-order valence-electron chi connectivity index (χ3n) is 4.35. The molecule has 3 aromatic rings. The lowest BCUT2D eigenvalue weighted by molar-refractivity contribution is -0.120. The second-order valence-corrected chi connectivity index (χ2v) is 6.61. The number of aromatic nitrogens is 1. The van der Waals surface area contributed by atoms with Crippen molar-refractivity contribution in [3.8, 4) is 11.5 Å². The molecule has 0 saturated heterocycles. The van der Waals surface area contributed by atoms with Crippen LogP contribution in [0.5, 0.6) is 0 Å². The number of nitrogens with one attached hydrogen (secondary N) is 2. The molecule has 0 atom stereocenters. The molecule has 28 heavy (non-hydrogen) atoms. The van der Waals surface area contributed by atoms with E-state index in [0.717, 1.165) is 16.8 Å². The summed E-state index contributed by atoms with van der Waals surface area (Å²) < 4.78 is 5.51. The summed E-state index contributed by atoms with van der Waals surface area (Å²) >= 11 is 0. The molecule has 2 N–H and O–H groups in total. The van der Waals surface area contributed by atoms with Gasteiger partial charge in [-0.25, -0.2) is 4.98 Å².